The van der Waals surface area contributed by atoms with Crippen LogP contribution in [0.4, 0.5) is 5.82 Å². The van der Waals surface area contributed by atoms with Gasteiger partial charge in [-0.3, -0.25) is 4.79 Å². The van der Waals surface area contributed by atoms with Crippen molar-refractivity contribution in [3.8, 4) is 5.75 Å². The van der Waals surface area contributed by atoms with Crippen LogP contribution < -0.4 is 15.4 Å². The Morgan fingerprint density at radius 1 is 1.29 bits per heavy atom. The minimum atomic E-state index is -0.0363. The summed E-state index contributed by atoms with van der Waals surface area (Å²) >= 11 is 0. The molecule has 126 valence electrons. The molecule has 1 aromatic carbocycles. The van der Waals surface area contributed by atoms with E-state index < -0.39 is 0 Å². The number of nitrogens with one attached hydrogen (secondary N) is 2. The van der Waals surface area contributed by atoms with Crippen LogP contribution in [0.25, 0.3) is 0 Å². The Morgan fingerprint density at radius 3 is 3.04 bits per heavy atom. The van der Waals surface area contributed by atoms with E-state index in [-0.39, 0.29) is 11.8 Å². The van der Waals surface area contributed by atoms with Gasteiger partial charge in [-0.05, 0) is 49.1 Å². The molecule has 1 atom stereocenters. The number of para-hydroxylation sites is 1. The predicted molar refractivity (Wildman–Crippen MR) is 94.2 cm³/mol. The van der Waals surface area contributed by atoms with Crippen LogP contribution in [-0.4, -0.2) is 30.6 Å². The zero-order chi connectivity index (χ0) is 16.8. The Kier molecular flexibility index (Phi) is 5.31. The predicted octanol–water partition coefficient (Wildman–Crippen LogP) is 2.56. The van der Waals surface area contributed by atoms with Crippen LogP contribution in [0, 0.1) is 12.8 Å². The molecule has 0 spiro atoms. The molecule has 0 bridgehead atoms. The molecule has 24 heavy (non-hydrogen) atoms. The normalized spacial score (nSPS) is 16.5. The van der Waals surface area contributed by atoms with Gasteiger partial charge in [-0.1, -0.05) is 18.2 Å². The lowest BCUT2D eigenvalue weighted by atomic mass is 9.96. The van der Waals surface area contributed by atoms with Crippen molar-refractivity contribution in [3.63, 3.8) is 0 Å². The fraction of sp³-hybridized carbons (Fsp3) is 0.368. The number of benzene rings is 1. The number of hydrogen-bond donors (Lipinski definition) is 2. The zero-order valence-electron chi connectivity index (χ0n) is 13.9. The number of carbonyl (C=O) groups excluding carboxylic acids is 1. The summed E-state index contributed by atoms with van der Waals surface area (Å²) in [5.41, 5.74) is 2.27. The van der Waals surface area contributed by atoms with Gasteiger partial charge in [-0.2, -0.15) is 0 Å². The summed E-state index contributed by atoms with van der Waals surface area (Å²) in [5.74, 6) is 1.79. The van der Waals surface area contributed by atoms with Gasteiger partial charge in [0.05, 0.1) is 6.61 Å². The number of nitrogens with zero attached hydrogens (tertiary/aromatic N) is 1. The number of hydrogen-bond acceptors (Lipinski definition) is 4. The van der Waals surface area contributed by atoms with Crippen molar-refractivity contribution in [3.05, 3.63) is 53.7 Å². The van der Waals surface area contributed by atoms with Crippen LogP contribution in [0.5, 0.6) is 5.75 Å². The van der Waals surface area contributed by atoms with E-state index in [0.717, 1.165) is 35.5 Å². The Labute approximate surface area is 142 Å². The second-order valence-corrected chi connectivity index (χ2v) is 6.08. The molecule has 1 aromatic heterocycles. The SMILES string of the molecule is Cc1ccnc(NCCNC(=O)[C@@H]2CCOc3ccccc3C2)c1. The zero-order valence-corrected chi connectivity index (χ0v) is 13.9. The lowest BCUT2D eigenvalue weighted by Gasteiger charge is -2.14. The van der Waals surface area contributed by atoms with Crippen LogP contribution >= 0.6 is 0 Å². The van der Waals surface area contributed by atoms with E-state index in [1.165, 1.54) is 0 Å². The van der Waals surface area contributed by atoms with E-state index in [0.29, 0.717) is 19.7 Å². The molecule has 1 amide bonds. The maximum atomic E-state index is 12.4. The van der Waals surface area contributed by atoms with Crippen molar-refractivity contribution in [2.24, 2.45) is 5.92 Å². The highest BCUT2D eigenvalue weighted by atomic mass is 16.5. The topological polar surface area (TPSA) is 63.2 Å². The maximum Gasteiger partial charge on any atom is 0.223 e. The number of rotatable bonds is 5. The molecule has 0 aliphatic carbocycles. The minimum Gasteiger partial charge on any atom is -0.493 e. The summed E-state index contributed by atoms with van der Waals surface area (Å²) in [6, 6.07) is 11.9. The molecule has 5 nitrogen and oxygen atoms in total. The van der Waals surface area contributed by atoms with Gasteiger partial charge in [0.1, 0.15) is 11.6 Å². The first kappa shape index (κ1) is 16.3. The highest BCUT2D eigenvalue weighted by Gasteiger charge is 2.23. The standard InChI is InChI=1S/C19H23N3O2/c1-14-6-8-20-18(12-14)21-9-10-22-19(23)16-7-11-24-17-5-3-2-4-15(17)13-16/h2-6,8,12,16H,7,9-11,13H2,1H3,(H,20,21)(H,22,23)/t16-/m1/s1. The smallest absolute Gasteiger partial charge is 0.223 e. The number of amides is 1. The third-order valence-corrected chi connectivity index (χ3v) is 4.18. The summed E-state index contributed by atoms with van der Waals surface area (Å²) in [6.07, 6.45) is 3.25. The molecule has 0 saturated carbocycles. The monoisotopic (exact) mass is 325 g/mol. The van der Waals surface area contributed by atoms with Gasteiger partial charge in [0.15, 0.2) is 0 Å². The van der Waals surface area contributed by atoms with Gasteiger partial charge in [0.25, 0.3) is 0 Å². The fourth-order valence-electron chi connectivity index (χ4n) is 2.87. The average molecular weight is 325 g/mol. The van der Waals surface area contributed by atoms with E-state index >= 15 is 0 Å². The van der Waals surface area contributed by atoms with Crippen molar-refractivity contribution in [2.75, 3.05) is 25.0 Å². The second kappa shape index (κ2) is 7.81. The van der Waals surface area contributed by atoms with Crippen LogP contribution in [0.1, 0.15) is 17.5 Å². The number of fused-ring (bicyclic) bond motifs is 1. The van der Waals surface area contributed by atoms with Gasteiger partial charge in [-0.15, -0.1) is 0 Å². The molecule has 0 fully saturated rings. The molecule has 5 heteroatoms. The van der Waals surface area contributed by atoms with Crippen molar-refractivity contribution in [2.45, 2.75) is 19.8 Å². The minimum absolute atomic E-state index is 0.0363. The Hall–Kier alpha value is -2.56. The molecule has 2 heterocycles. The maximum absolute atomic E-state index is 12.4. The molecule has 0 unspecified atom stereocenters. The van der Waals surface area contributed by atoms with E-state index in [1.807, 2.05) is 43.3 Å². The molecule has 3 rings (SSSR count). The first-order valence-electron chi connectivity index (χ1n) is 8.37. The summed E-state index contributed by atoms with van der Waals surface area (Å²) in [5, 5.41) is 6.23. The second-order valence-electron chi connectivity index (χ2n) is 6.08. The average Bonchev–Trinajstić information content (AvgIpc) is 2.81. The number of aryl methyl sites for hydroxylation is 1. The number of aromatic nitrogens is 1. The molecule has 2 aromatic rings. The molecule has 1 aliphatic heterocycles. The van der Waals surface area contributed by atoms with Crippen molar-refractivity contribution in [1.29, 1.82) is 0 Å². The number of carbonyl (C=O) groups is 1. The van der Waals surface area contributed by atoms with Gasteiger partial charge >= 0.3 is 0 Å². The van der Waals surface area contributed by atoms with Crippen LogP contribution in [0.2, 0.25) is 0 Å². The molecule has 0 radical (unpaired) electrons. The first-order chi connectivity index (χ1) is 11.7. The van der Waals surface area contributed by atoms with Gasteiger partial charge in [-0.25, -0.2) is 4.98 Å². The number of pyridine rings is 1. The number of ether oxygens (including phenoxy) is 1. The van der Waals surface area contributed by atoms with E-state index in [9.17, 15) is 4.79 Å². The van der Waals surface area contributed by atoms with E-state index in [4.69, 9.17) is 4.74 Å². The molecular weight excluding hydrogens is 302 g/mol. The quantitative estimate of drug-likeness (QED) is 0.829. The summed E-state index contributed by atoms with van der Waals surface area (Å²) in [7, 11) is 0. The molecular formula is C19H23N3O2. The largest absolute Gasteiger partial charge is 0.493 e. The number of anilines is 1. The van der Waals surface area contributed by atoms with Crippen molar-refractivity contribution < 1.29 is 9.53 Å². The first-order valence-corrected chi connectivity index (χ1v) is 8.37. The summed E-state index contributed by atoms with van der Waals surface area (Å²) in [6.45, 7) is 3.84. The van der Waals surface area contributed by atoms with Crippen LogP contribution in [0.15, 0.2) is 42.6 Å². The van der Waals surface area contributed by atoms with Crippen molar-refractivity contribution >= 4 is 11.7 Å². The Morgan fingerprint density at radius 2 is 2.17 bits per heavy atom. The molecule has 2 N–H and O–H groups in total. The summed E-state index contributed by atoms with van der Waals surface area (Å²) in [4.78, 5) is 16.7. The fourth-order valence-corrected chi connectivity index (χ4v) is 2.87. The third-order valence-electron chi connectivity index (χ3n) is 4.18. The van der Waals surface area contributed by atoms with Gasteiger partial charge < -0.3 is 15.4 Å². The Balaban J connectivity index is 1.47. The highest BCUT2D eigenvalue weighted by molar-refractivity contribution is 5.79. The lowest BCUT2D eigenvalue weighted by Crippen LogP contribution is -2.35. The molecule has 1 aliphatic rings. The third kappa shape index (κ3) is 4.25. The highest BCUT2D eigenvalue weighted by Crippen LogP contribution is 2.26. The molecule has 0 saturated heterocycles. The van der Waals surface area contributed by atoms with Crippen LogP contribution in [0.3, 0.4) is 0 Å². The van der Waals surface area contributed by atoms with Crippen molar-refractivity contribution in [1.82, 2.24) is 10.3 Å². The van der Waals surface area contributed by atoms with Gasteiger partial charge in [0.2, 0.25) is 5.91 Å². The van der Waals surface area contributed by atoms with Gasteiger partial charge in [0, 0.05) is 25.2 Å². The van der Waals surface area contributed by atoms with Crippen LogP contribution in [-0.2, 0) is 11.2 Å². The Bertz CT molecular complexity index is 703. The summed E-state index contributed by atoms with van der Waals surface area (Å²) < 4.78 is 5.72. The van der Waals surface area contributed by atoms with E-state index in [1.54, 1.807) is 6.20 Å². The lowest BCUT2D eigenvalue weighted by molar-refractivity contribution is -0.125. The van der Waals surface area contributed by atoms with E-state index in [2.05, 4.69) is 15.6 Å².